The summed E-state index contributed by atoms with van der Waals surface area (Å²) in [6.07, 6.45) is 4.31. The molecule has 2 heterocycles. The molecular weight excluding hydrogens is 318 g/mol. The minimum atomic E-state index is 0.757. The average molecular weight is 337 g/mol. The molecule has 0 saturated carbocycles. The summed E-state index contributed by atoms with van der Waals surface area (Å²) in [5.41, 5.74) is 9.77. The zero-order valence-corrected chi connectivity index (χ0v) is 14.8. The number of hydrogen-bond acceptors (Lipinski definition) is 2. The molecule has 4 aromatic rings. The first kappa shape index (κ1) is 15.2. The smallest absolute Gasteiger partial charge is 0.156 e. The first-order chi connectivity index (χ1) is 12.8. The lowest BCUT2D eigenvalue weighted by Gasteiger charge is -2.23. The first-order valence-electron chi connectivity index (χ1n) is 9.20. The Morgan fingerprint density at radius 2 is 1.81 bits per heavy atom. The molecule has 0 amide bonds. The molecule has 0 aliphatic heterocycles. The maximum Gasteiger partial charge on any atom is 0.156 e. The molecule has 0 unspecified atom stereocenters. The highest BCUT2D eigenvalue weighted by Crippen LogP contribution is 2.37. The Morgan fingerprint density at radius 3 is 2.62 bits per heavy atom. The normalized spacial score (nSPS) is 13.7. The van der Waals surface area contributed by atoms with Crippen molar-refractivity contribution in [3.05, 3.63) is 70.8 Å². The molecule has 0 N–H and O–H groups in total. The van der Waals surface area contributed by atoms with Crippen molar-refractivity contribution in [3.63, 3.8) is 0 Å². The van der Waals surface area contributed by atoms with Crippen LogP contribution in [0.5, 0.6) is 0 Å². The van der Waals surface area contributed by atoms with Gasteiger partial charge in [0.25, 0.3) is 0 Å². The lowest BCUT2D eigenvalue weighted by molar-refractivity contribution is 0.682. The molecule has 3 nitrogen and oxygen atoms in total. The topological polar surface area (TPSA) is 41.1 Å². The summed E-state index contributed by atoms with van der Waals surface area (Å²) >= 11 is 0. The van der Waals surface area contributed by atoms with Crippen molar-refractivity contribution in [1.29, 1.82) is 5.26 Å². The standard InChI is InChI=1S/C23H19N3/c1-15-7-6-8-16(13-15)22-18-10-3-2-9-17(18)19(14-24)23-25-20-11-4-5-12-21(20)26(22)23/h4-8,11-13H,2-3,9-10H2,1H3. The molecule has 0 bridgehead atoms. The van der Waals surface area contributed by atoms with E-state index >= 15 is 0 Å². The molecule has 0 atom stereocenters. The molecule has 0 fully saturated rings. The summed E-state index contributed by atoms with van der Waals surface area (Å²) in [6, 6.07) is 19.3. The van der Waals surface area contributed by atoms with Crippen LogP contribution in [0.25, 0.3) is 27.9 Å². The van der Waals surface area contributed by atoms with E-state index in [1.54, 1.807) is 0 Å². The van der Waals surface area contributed by atoms with E-state index in [4.69, 9.17) is 4.98 Å². The summed E-state index contributed by atoms with van der Waals surface area (Å²) in [5, 5.41) is 9.92. The number of imidazole rings is 1. The van der Waals surface area contributed by atoms with Gasteiger partial charge in [-0.1, -0.05) is 35.9 Å². The number of pyridine rings is 1. The Balaban J connectivity index is 2.04. The van der Waals surface area contributed by atoms with Gasteiger partial charge in [-0.25, -0.2) is 4.98 Å². The van der Waals surface area contributed by atoms with Crippen molar-refractivity contribution >= 4 is 16.7 Å². The molecule has 0 radical (unpaired) electrons. The molecule has 26 heavy (non-hydrogen) atoms. The fraction of sp³-hybridized carbons (Fsp3) is 0.217. The number of nitriles is 1. The van der Waals surface area contributed by atoms with Gasteiger partial charge < -0.3 is 0 Å². The molecule has 0 spiro atoms. The van der Waals surface area contributed by atoms with E-state index in [1.165, 1.54) is 34.4 Å². The lowest BCUT2D eigenvalue weighted by Crippen LogP contribution is -2.12. The number of nitrogens with zero attached hydrogens (tertiary/aromatic N) is 3. The van der Waals surface area contributed by atoms with Crippen LogP contribution in [0.15, 0.2) is 48.5 Å². The summed E-state index contributed by atoms with van der Waals surface area (Å²) in [5.74, 6) is 0. The highest BCUT2D eigenvalue weighted by molar-refractivity contribution is 5.88. The molecule has 0 saturated heterocycles. The molecule has 1 aliphatic rings. The summed E-state index contributed by atoms with van der Waals surface area (Å²) in [4.78, 5) is 4.84. The van der Waals surface area contributed by atoms with Gasteiger partial charge in [0.2, 0.25) is 0 Å². The molecule has 2 aromatic heterocycles. The molecule has 1 aliphatic carbocycles. The van der Waals surface area contributed by atoms with E-state index in [0.717, 1.165) is 41.5 Å². The van der Waals surface area contributed by atoms with Gasteiger partial charge in [0, 0.05) is 0 Å². The predicted octanol–water partition coefficient (Wildman–Crippen LogP) is 5.21. The number of para-hydroxylation sites is 2. The number of aryl methyl sites for hydroxylation is 1. The summed E-state index contributed by atoms with van der Waals surface area (Å²) in [6.45, 7) is 2.13. The van der Waals surface area contributed by atoms with Crippen LogP contribution in [0.1, 0.15) is 35.1 Å². The van der Waals surface area contributed by atoms with Crippen LogP contribution in [0.4, 0.5) is 0 Å². The largest absolute Gasteiger partial charge is 0.291 e. The SMILES string of the molecule is Cc1cccc(-c2c3c(c(C#N)c4nc5ccccc5n24)CCCC3)c1. The molecule has 3 heteroatoms. The third-order valence-electron chi connectivity index (χ3n) is 5.47. The van der Waals surface area contributed by atoms with Crippen molar-refractivity contribution in [2.75, 3.05) is 0 Å². The average Bonchev–Trinajstić information content (AvgIpc) is 3.05. The Morgan fingerprint density at radius 1 is 1.00 bits per heavy atom. The van der Waals surface area contributed by atoms with Gasteiger partial charge in [-0.15, -0.1) is 0 Å². The van der Waals surface area contributed by atoms with E-state index in [9.17, 15) is 5.26 Å². The number of benzene rings is 2. The summed E-state index contributed by atoms with van der Waals surface area (Å²) in [7, 11) is 0. The molecule has 126 valence electrons. The maximum atomic E-state index is 9.92. The van der Waals surface area contributed by atoms with Gasteiger partial charge in [0.1, 0.15) is 6.07 Å². The quantitative estimate of drug-likeness (QED) is 0.478. The number of rotatable bonds is 1. The number of fused-ring (bicyclic) bond motifs is 4. The van der Waals surface area contributed by atoms with Crippen molar-refractivity contribution in [2.24, 2.45) is 0 Å². The third-order valence-corrected chi connectivity index (χ3v) is 5.47. The second-order valence-electron chi connectivity index (χ2n) is 7.13. The highest BCUT2D eigenvalue weighted by Gasteiger charge is 2.25. The predicted molar refractivity (Wildman–Crippen MR) is 104 cm³/mol. The summed E-state index contributed by atoms with van der Waals surface area (Å²) < 4.78 is 2.22. The Labute approximate surface area is 152 Å². The maximum absolute atomic E-state index is 9.92. The molecule has 5 rings (SSSR count). The fourth-order valence-electron chi connectivity index (χ4n) is 4.35. The van der Waals surface area contributed by atoms with Crippen LogP contribution < -0.4 is 0 Å². The Hall–Kier alpha value is -3.12. The number of aromatic nitrogens is 2. The van der Waals surface area contributed by atoms with E-state index in [1.807, 2.05) is 18.2 Å². The van der Waals surface area contributed by atoms with Crippen LogP contribution >= 0.6 is 0 Å². The van der Waals surface area contributed by atoms with Gasteiger partial charge >= 0.3 is 0 Å². The zero-order chi connectivity index (χ0) is 17.7. The van der Waals surface area contributed by atoms with Gasteiger partial charge in [-0.2, -0.15) is 5.26 Å². The van der Waals surface area contributed by atoms with E-state index in [-0.39, 0.29) is 0 Å². The fourth-order valence-corrected chi connectivity index (χ4v) is 4.35. The zero-order valence-electron chi connectivity index (χ0n) is 14.8. The monoisotopic (exact) mass is 337 g/mol. The van der Waals surface area contributed by atoms with Crippen LogP contribution in [-0.4, -0.2) is 9.38 Å². The van der Waals surface area contributed by atoms with Gasteiger partial charge in [0.15, 0.2) is 5.65 Å². The van der Waals surface area contributed by atoms with Crippen molar-refractivity contribution < 1.29 is 0 Å². The Bertz CT molecular complexity index is 1210. The third kappa shape index (κ3) is 2.09. The van der Waals surface area contributed by atoms with Gasteiger partial charge in [-0.05, 0) is 67.5 Å². The lowest BCUT2D eigenvalue weighted by atomic mass is 9.86. The van der Waals surface area contributed by atoms with Gasteiger partial charge in [-0.3, -0.25) is 4.40 Å². The first-order valence-corrected chi connectivity index (χ1v) is 9.20. The second-order valence-corrected chi connectivity index (χ2v) is 7.13. The van der Waals surface area contributed by atoms with E-state index in [2.05, 4.69) is 47.7 Å². The van der Waals surface area contributed by atoms with Gasteiger partial charge in [0.05, 0.1) is 22.3 Å². The molecule has 2 aromatic carbocycles. The van der Waals surface area contributed by atoms with E-state index in [0.29, 0.717) is 0 Å². The van der Waals surface area contributed by atoms with Crippen molar-refractivity contribution in [1.82, 2.24) is 9.38 Å². The minimum absolute atomic E-state index is 0.757. The van der Waals surface area contributed by atoms with Crippen LogP contribution in [0.3, 0.4) is 0 Å². The minimum Gasteiger partial charge on any atom is -0.291 e. The van der Waals surface area contributed by atoms with Crippen LogP contribution in [-0.2, 0) is 12.8 Å². The van der Waals surface area contributed by atoms with Crippen molar-refractivity contribution in [3.8, 4) is 17.3 Å². The second kappa shape index (κ2) is 5.71. The van der Waals surface area contributed by atoms with E-state index < -0.39 is 0 Å². The van der Waals surface area contributed by atoms with Crippen LogP contribution in [0, 0.1) is 18.3 Å². The van der Waals surface area contributed by atoms with Crippen LogP contribution in [0.2, 0.25) is 0 Å². The Kier molecular flexibility index (Phi) is 3.33. The highest BCUT2D eigenvalue weighted by atomic mass is 15.0. The van der Waals surface area contributed by atoms with Crippen molar-refractivity contribution in [2.45, 2.75) is 32.6 Å². The molecular formula is C23H19N3. The number of hydrogen-bond donors (Lipinski definition) is 0.